The van der Waals surface area contributed by atoms with E-state index in [9.17, 15) is 4.79 Å². The van der Waals surface area contributed by atoms with Gasteiger partial charge in [-0.2, -0.15) is 0 Å². The summed E-state index contributed by atoms with van der Waals surface area (Å²) in [6.07, 6.45) is 3.97. The molecule has 7 heteroatoms. The fourth-order valence-corrected chi connectivity index (χ4v) is 3.35. The molecule has 1 aliphatic rings. The molecule has 1 fully saturated rings. The third-order valence-corrected chi connectivity index (χ3v) is 4.77. The molecule has 2 heterocycles. The molecule has 23 heavy (non-hydrogen) atoms. The van der Waals surface area contributed by atoms with E-state index in [1.54, 1.807) is 0 Å². The number of ether oxygens (including phenoxy) is 2. The van der Waals surface area contributed by atoms with Crippen molar-refractivity contribution < 1.29 is 9.47 Å². The van der Waals surface area contributed by atoms with Crippen molar-refractivity contribution in [2.24, 2.45) is 0 Å². The molecule has 0 bridgehead atoms. The number of hydrogen-bond donors (Lipinski definition) is 1. The Hall–Kier alpha value is -1.50. The van der Waals surface area contributed by atoms with E-state index in [1.807, 2.05) is 24.3 Å². The molecule has 0 spiro atoms. The molecule has 122 valence electrons. The largest absolute Gasteiger partial charge is 0.458 e. The second-order valence-electron chi connectivity index (χ2n) is 5.18. The second kappa shape index (κ2) is 7.86. The molecule has 0 amide bonds. The van der Waals surface area contributed by atoms with Crippen LogP contribution < -0.4 is 10.3 Å². The van der Waals surface area contributed by atoms with Gasteiger partial charge in [-0.3, -0.25) is 9.78 Å². The minimum absolute atomic E-state index is 0.194. The highest BCUT2D eigenvalue weighted by Gasteiger charge is 2.17. The lowest BCUT2D eigenvalue weighted by Crippen LogP contribution is -2.27. The molecule has 1 aliphatic heterocycles. The Balaban J connectivity index is 1.62. The summed E-state index contributed by atoms with van der Waals surface area (Å²) >= 11 is 7.53. The van der Waals surface area contributed by atoms with Crippen molar-refractivity contribution in [1.29, 1.82) is 0 Å². The minimum Gasteiger partial charge on any atom is -0.458 e. The Labute approximate surface area is 143 Å². The van der Waals surface area contributed by atoms with Crippen LogP contribution in [0.25, 0.3) is 0 Å². The van der Waals surface area contributed by atoms with Gasteiger partial charge in [-0.25, -0.2) is 4.98 Å². The fraction of sp³-hybridized carbons (Fsp3) is 0.375. The number of thioether (sulfide) groups is 1. The van der Waals surface area contributed by atoms with E-state index in [4.69, 9.17) is 21.1 Å². The first-order valence-electron chi connectivity index (χ1n) is 7.46. The summed E-state index contributed by atoms with van der Waals surface area (Å²) in [7, 11) is 0. The lowest BCUT2D eigenvalue weighted by atomic mass is 10.2. The Bertz CT molecular complexity index is 716. The van der Waals surface area contributed by atoms with Gasteiger partial charge in [0.2, 0.25) is 5.75 Å². The number of aromatic amines is 1. The van der Waals surface area contributed by atoms with E-state index in [0.29, 0.717) is 22.5 Å². The average Bonchev–Trinajstić information content (AvgIpc) is 2.57. The molecule has 2 aromatic rings. The van der Waals surface area contributed by atoms with Gasteiger partial charge in [0.05, 0.1) is 12.8 Å². The Morgan fingerprint density at radius 2 is 2.26 bits per heavy atom. The second-order valence-corrected chi connectivity index (χ2v) is 6.55. The predicted molar refractivity (Wildman–Crippen MR) is 90.1 cm³/mol. The van der Waals surface area contributed by atoms with Crippen LogP contribution in [0.3, 0.4) is 0 Å². The van der Waals surface area contributed by atoms with Crippen molar-refractivity contribution in [1.82, 2.24) is 9.97 Å². The van der Waals surface area contributed by atoms with Crippen LogP contribution in [0.1, 0.15) is 24.8 Å². The van der Waals surface area contributed by atoms with Crippen LogP contribution in [-0.4, -0.2) is 22.9 Å². The summed E-state index contributed by atoms with van der Waals surface area (Å²) in [6.45, 7) is 0.668. The number of aromatic nitrogens is 2. The van der Waals surface area contributed by atoms with Crippen LogP contribution in [-0.2, 0) is 10.5 Å². The highest BCUT2D eigenvalue weighted by Crippen LogP contribution is 2.24. The third kappa shape index (κ3) is 4.50. The molecule has 1 saturated heterocycles. The number of nitrogens with one attached hydrogen (secondary N) is 1. The molecule has 0 saturated carbocycles. The SMILES string of the molecule is O=c1[nH]c(SCc2ccccc2Cl)ncc1OC1CCCCO1. The summed E-state index contributed by atoms with van der Waals surface area (Å²) in [6, 6.07) is 7.61. The fourth-order valence-electron chi connectivity index (χ4n) is 2.23. The number of H-pyrrole nitrogens is 1. The smallest absolute Gasteiger partial charge is 0.294 e. The van der Waals surface area contributed by atoms with Crippen molar-refractivity contribution in [2.45, 2.75) is 36.5 Å². The van der Waals surface area contributed by atoms with E-state index in [1.165, 1.54) is 18.0 Å². The molecule has 1 N–H and O–H groups in total. The van der Waals surface area contributed by atoms with Crippen molar-refractivity contribution in [3.05, 3.63) is 51.4 Å². The van der Waals surface area contributed by atoms with Gasteiger partial charge in [-0.1, -0.05) is 41.6 Å². The van der Waals surface area contributed by atoms with Crippen LogP contribution >= 0.6 is 23.4 Å². The first-order chi connectivity index (χ1) is 11.2. The molecular formula is C16H17ClN2O3S. The third-order valence-electron chi connectivity index (χ3n) is 3.46. The summed E-state index contributed by atoms with van der Waals surface area (Å²) in [5, 5.41) is 1.24. The number of nitrogens with zero attached hydrogens (tertiary/aromatic N) is 1. The summed E-state index contributed by atoms with van der Waals surface area (Å²) in [5.74, 6) is 0.827. The molecule has 3 rings (SSSR count). The maximum atomic E-state index is 12.1. The minimum atomic E-state index is -0.353. The van der Waals surface area contributed by atoms with Crippen molar-refractivity contribution in [3.8, 4) is 5.75 Å². The molecule has 1 unspecified atom stereocenters. The molecule has 0 aliphatic carbocycles. The summed E-state index contributed by atoms with van der Waals surface area (Å²) in [5.41, 5.74) is 0.702. The van der Waals surface area contributed by atoms with Crippen LogP contribution in [0.5, 0.6) is 5.75 Å². The lowest BCUT2D eigenvalue weighted by Gasteiger charge is -2.22. The number of halogens is 1. The van der Waals surface area contributed by atoms with Crippen LogP contribution in [0.15, 0.2) is 40.4 Å². The molecule has 1 aromatic heterocycles. The van der Waals surface area contributed by atoms with Crippen LogP contribution in [0, 0.1) is 0 Å². The van der Waals surface area contributed by atoms with Gasteiger partial charge in [-0.05, 0) is 24.5 Å². The maximum absolute atomic E-state index is 12.1. The van der Waals surface area contributed by atoms with E-state index >= 15 is 0 Å². The van der Waals surface area contributed by atoms with Gasteiger partial charge in [0.15, 0.2) is 11.4 Å². The number of benzene rings is 1. The predicted octanol–water partition coefficient (Wildman–Crippen LogP) is 3.62. The first-order valence-corrected chi connectivity index (χ1v) is 8.82. The maximum Gasteiger partial charge on any atom is 0.294 e. The monoisotopic (exact) mass is 352 g/mol. The zero-order chi connectivity index (χ0) is 16.1. The van der Waals surface area contributed by atoms with Gasteiger partial charge >= 0.3 is 0 Å². The molecule has 1 atom stereocenters. The van der Waals surface area contributed by atoms with E-state index in [2.05, 4.69) is 9.97 Å². The first kappa shape index (κ1) is 16.4. The number of rotatable bonds is 5. The van der Waals surface area contributed by atoms with E-state index in [-0.39, 0.29) is 17.6 Å². The van der Waals surface area contributed by atoms with Crippen molar-refractivity contribution in [3.63, 3.8) is 0 Å². The Kier molecular flexibility index (Phi) is 5.59. The van der Waals surface area contributed by atoms with Crippen LogP contribution in [0.2, 0.25) is 5.02 Å². The van der Waals surface area contributed by atoms with Crippen LogP contribution in [0.4, 0.5) is 0 Å². The van der Waals surface area contributed by atoms with Gasteiger partial charge in [0.25, 0.3) is 5.56 Å². The van der Waals surface area contributed by atoms with Crippen molar-refractivity contribution in [2.75, 3.05) is 6.61 Å². The highest BCUT2D eigenvalue weighted by atomic mass is 35.5. The lowest BCUT2D eigenvalue weighted by molar-refractivity contribution is -0.106. The standard InChI is InChI=1S/C16H17ClN2O3S/c17-12-6-2-1-5-11(12)10-23-16-18-9-13(15(20)19-16)22-14-7-3-4-8-21-14/h1-2,5-6,9,14H,3-4,7-8,10H2,(H,18,19,20). The Morgan fingerprint density at radius 1 is 1.39 bits per heavy atom. The summed E-state index contributed by atoms with van der Waals surface area (Å²) < 4.78 is 11.0. The zero-order valence-electron chi connectivity index (χ0n) is 12.5. The van der Waals surface area contributed by atoms with Gasteiger partial charge in [0.1, 0.15) is 0 Å². The van der Waals surface area contributed by atoms with Gasteiger partial charge in [-0.15, -0.1) is 0 Å². The van der Waals surface area contributed by atoms with Gasteiger partial charge < -0.3 is 9.47 Å². The molecule has 0 radical (unpaired) electrons. The Morgan fingerprint density at radius 3 is 3.00 bits per heavy atom. The molecular weight excluding hydrogens is 336 g/mol. The van der Waals surface area contributed by atoms with Crippen molar-refractivity contribution >= 4 is 23.4 Å². The average molecular weight is 353 g/mol. The highest BCUT2D eigenvalue weighted by molar-refractivity contribution is 7.98. The van der Waals surface area contributed by atoms with E-state index in [0.717, 1.165) is 24.8 Å². The van der Waals surface area contributed by atoms with E-state index < -0.39 is 0 Å². The molecule has 5 nitrogen and oxygen atoms in total. The zero-order valence-corrected chi connectivity index (χ0v) is 14.0. The van der Waals surface area contributed by atoms with Gasteiger partial charge in [0, 0.05) is 17.2 Å². The molecule has 1 aromatic carbocycles. The number of hydrogen-bond acceptors (Lipinski definition) is 5. The quantitative estimate of drug-likeness (QED) is 0.657. The summed E-state index contributed by atoms with van der Waals surface area (Å²) in [4.78, 5) is 19.0. The normalized spacial score (nSPS) is 17.9. The topological polar surface area (TPSA) is 64.2 Å².